The van der Waals surface area contributed by atoms with Crippen LogP contribution in [0.1, 0.15) is 24.0 Å². The molecule has 0 aromatic heterocycles. The lowest BCUT2D eigenvalue weighted by Gasteiger charge is -2.48. The molecule has 2 aromatic carbocycles. The first-order chi connectivity index (χ1) is 14.3. The fourth-order valence-electron chi connectivity index (χ4n) is 5.37. The number of anilines is 1. The van der Waals surface area contributed by atoms with Gasteiger partial charge in [0.05, 0.1) is 19.3 Å². The number of piperazine rings is 1. The van der Waals surface area contributed by atoms with E-state index >= 15 is 0 Å². The number of nitrogens with zero attached hydrogens (tertiary/aromatic N) is 2. The minimum absolute atomic E-state index is 0.00802. The van der Waals surface area contributed by atoms with Crippen molar-refractivity contribution in [3.8, 4) is 11.1 Å². The highest BCUT2D eigenvalue weighted by Crippen LogP contribution is 2.39. The van der Waals surface area contributed by atoms with Gasteiger partial charge < -0.3 is 15.0 Å². The van der Waals surface area contributed by atoms with E-state index in [1.165, 1.54) is 35.1 Å². The fraction of sp³-hybridized carbons (Fsp3) is 0.458. The first-order valence-corrected chi connectivity index (χ1v) is 10.9. The predicted molar refractivity (Wildman–Crippen MR) is 113 cm³/mol. The third kappa shape index (κ3) is 3.13. The van der Waals surface area contributed by atoms with Crippen LogP contribution >= 0.6 is 0 Å². The molecule has 2 amide bonds. The van der Waals surface area contributed by atoms with Gasteiger partial charge >= 0.3 is 6.03 Å². The van der Waals surface area contributed by atoms with Crippen molar-refractivity contribution in [1.82, 2.24) is 9.80 Å². The quantitative estimate of drug-likeness (QED) is 0.729. The maximum atomic E-state index is 12.9. The average Bonchev–Trinajstić information content (AvgIpc) is 3.53. The first kappa shape index (κ1) is 17.5. The molecule has 2 aliphatic heterocycles. The Labute approximate surface area is 171 Å². The molecule has 0 radical (unpaired) electrons. The third-order valence-electron chi connectivity index (χ3n) is 7.05. The Morgan fingerprint density at radius 1 is 1.00 bits per heavy atom. The molecule has 2 atom stereocenters. The van der Waals surface area contributed by atoms with Gasteiger partial charge in [0.25, 0.3) is 0 Å². The van der Waals surface area contributed by atoms with Crippen LogP contribution in [0.15, 0.2) is 42.5 Å². The van der Waals surface area contributed by atoms with E-state index < -0.39 is 0 Å². The molecule has 3 fully saturated rings. The number of hydrogen-bond donors (Lipinski definition) is 1. The van der Waals surface area contributed by atoms with Crippen LogP contribution < -0.4 is 5.32 Å². The topological polar surface area (TPSA) is 44.8 Å². The molecule has 150 valence electrons. The van der Waals surface area contributed by atoms with Gasteiger partial charge in [0.1, 0.15) is 0 Å². The molecular weight excluding hydrogens is 362 g/mol. The number of carbonyl (C=O) groups is 1. The van der Waals surface area contributed by atoms with E-state index in [4.69, 9.17) is 4.74 Å². The van der Waals surface area contributed by atoms with E-state index in [9.17, 15) is 4.79 Å². The average molecular weight is 389 g/mol. The number of carbonyl (C=O) groups excluding carboxylic acids is 1. The monoisotopic (exact) mass is 389 g/mol. The minimum atomic E-state index is 0.00802. The highest BCUT2D eigenvalue weighted by atomic mass is 16.5. The third-order valence-corrected chi connectivity index (χ3v) is 7.05. The van der Waals surface area contributed by atoms with Crippen LogP contribution in [-0.2, 0) is 11.2 Å². The number of fused-ring (bicyclic) bond motifs is 4. The summed E-state index contributed by atoms with van der Waals surface area (Å²) in [4.78, 5) is 17.5. The maximum Gasteiger partial charge on any atom is 0.321 e. The zero-order valence-corrected chi connectivity index (χ0v) is 16.6. The minimum Gasteiger partial charge on any atom is -0.378 e. The normalized spacial score (nSPS) is 25.9. The molecular formula is C24H27N3O2. The van der Waals surface area contributed by atoms with Crippen LogP contribution in [0.5, 0.6) is 0 Å². The Morgan fingerprint density at radius 2 is 1.86 bits per heavy atom. The van der Waals surface area contributed by atoms with Gasteiger partial charge in [-0.25, -0.2) is 4.79 Å². The molecule has 2 aromatic rings. The number of urea groups is 1. The standard InChI is InChI=1S/C24H27N3O2/c28-24(26-9-10-27-20(13-26)14-29-15-23(27)16-5-6-16)25-19-7-8-22-18(12-19)11-17-3-1-2-4-21(17)22/h1-4,7-8,12,16,20,23H,5-6,9-11,13-15H2,(H,25,28)/t20-,23-/m1/s1. The Balaban J connectivity index is 1.13. The molecule has 4 aliphatic rings. The van der Waals surface area contributed by atoms with E-state index in [2.05, 4.69) is 46.6 Å². The number of hydrogen-bond acceptors (Lipinski definition) is 3. The van der Waals surface area contributed by atoms with Gasteiger partial charge in [0.2, 0.25) is 0 Å². The maximum absolute atomic E-state index is 12.9. The van der Waals surface area contributed by atoms with Crippen molar-refractivity contribution < 1.29 is 9.53 Å². The van der Waals surface area contributed by atoms with Crippen LogP contribution in [0.25, 0.3) is 11.1 Å². The van der Waals surface area contributed by atoms with E-state index in [1.807, 2.05) is 11.0 Å². The summed E-state index contributed by atoms with van der Waals surface area (Å²) in [5.41, 5.74) is 6.16. The molecule has 6 rings (SSSR count). The molecule has 0 spiro atoms. The summed E-state index contributed by atoms with van der Waals surface area (Å²) in [5.74, 6) is 0.814. The molecule has 2 aliphatic carbocycles. The largest absolute Gasteiger partial charge is 0.378 e. The molecule has 5 nitrogen and oxygen atoms in total. The fourth-order valence-corrected chi connectivity index (χ4v) is 5.37. The Kier molecular flexibility index (Phi) is 4.13. The van der Waals surface area contributed by atoms with E-state index in [-0.39, 0.29) is 6.03 Å². The van der Waals surface area contributed by atoms with Gasteiger partial charge in [0, 0.05) is 31.4 Å². The number of rotatable bonds is 2. The Hall–Kier alpha value is -2.37. The van der Waals surface area contributed by atoms with E-state index in [0.717, 1.165) is 50.9 Å². The lowest BCUT2D eigenvalue weighted by atomic mass is 10.0. The SMILES string of the molecule is O=C(Nc1ccc2c(c1)Cc1ccccc1-2)N1CCN2[C@@H](COC[C@@H]2C2CC2)C1. The van der Waals surface area contributed by atoms with Crippen molar-refractivity contribution in [3.63, 3.8) is 0 Å². The number of ether oxygens (including phenoxy) is 1. The van der Waals surface area contributed by atoms with E-state index in [0.29, 0.717) is 12.1 Å². The zero-order valence-electron chi connectivity index (χ0n) is 16.6. The molecule has 29 heavy (non-hydrogen) atoms. The second-order valence-corrected chi connectivity index (χ2v) is 8.92. The zero-order chi connectivity index (χ0) is 19.4. The van der Waals surface area contributed by atoms with Gasteiger partial charge in [-0.05, 0) is 59.6 Å². The van der Waals surface area contributed by atoms with Crippen molar-refractivity contribution in [2.75, 3.05) is 38.2 Å². The second-order valence-electron chi connectivity index (χ2n) is 8.92. The van der Waals surface area contributed by atoms with Crippen molar-refractivity contribution >= 4 is 11.7 Å². The summed E-state index contributed by atoms with van der Waals surface area (Å²) in [6.07, 6.45) is 3.61. The van der Waals surface area contributed by atoms with Gasteiger partial charge in [-0.15, -0.1) is 0 Å². The predicted octanol–water partition coefficient (Wildman–Crippen LogP) is 3.58. The van der Waals surface area contributed by atoms with Gasteiger partial charge in [0.15, 0.2) is 0 Å². The van der Waals surface area contributed by atoms with E-state index in [1.54, 1.807) is 0 Å². The van der Waals surface area contributed by atoms with Crippen LogP contribution in [0.3, 0.4) is 0 Å². The second kappa shape index (κ2) is 6.85. The summed E-state index contributed by atoms with van der Waals surface area (Å²) in [6.45, 7) is 4.12. The lowest BCUT2D eigenvalue weighted by Crippen LogP contribution is -2.63. The van der Waals surface area contributed by atoms with Gasteiger partial charge in [-0.1, -0.05) is 30.3 Å². The summed E-state index contributed by atoms with van der Waals surface area (Å²) in [7, 11) is 0. The summed E-state index contributed by atoms with van der Waals surface area (Å²) < 4.78 is 5.88. The highest BCUT2D eigenvalue weighted by Gasteiger charge is 2.43. The lowest BCUT2D eigenvalue weighted by molar-refractivity contribution is -0.0796. The van der Waals surface area contributed by atoms with Crippen LogP contribution in [-0.4, -0.2) is 60.8 Å². The molecule has 0 unspecified atom stereocenters. The summed E-state index contributed by atoms with van der Waals surface area (Å²) >= 11 is 0. The van der Waals surface area contributed by atoms with Crippen LogP contribution in [0.4, 0.5) is 10.5 Å². The highest BCUT2D eigenvalue weighted by molar-refractivity contribution is 5.90. The van der Waals surface area contributed by atoms with Gasteiger partial charge in [-0.3, -0.25) is 4.90 Å². The molecule has 2 heterocycles. The van der Waals surface area contributed by atoms with Crippen LogP contribution in [0.2, 0.25) is 0 Å². The Bertz CT molecular complexity index is 955. The van der Waals surface area contributed by atoms with Crippen LogP contribution in [0, 0.1) is 5.92 Å². The van der Waals surface area contributed by atoms with Gasteiger partial charge in [-0.2, -0.15) is 0 Å². The molecule has 5 heteroatoms. The number of amides is 2. The smallest absolute Gasteiger partial charge is 0.321 e. The van der Waals surface area contributed by atoms with Crippen molar-refractivity contribution in [3.05, 3.63) is 53.6 Å². The molecule has 1 N–H and O–H groups in total. The first-order valence-electron chi connectivity index (χ1n) is 10.9. The number of nitrogens with one attached hydrogen (secondary N) is 1. The number of benzene rings is 2. The number of morpholine rings is 1. The summed E-state index contributed by atoms with van der Waals surface area (Å²) in [6, 6.07) is 15.8. The van der Waals surface area contributed by atoms with Crippen molar-refractivity contribution in [2.24, 2.45) is 5.92 Å². The molecule has 0 bridgehead atoms. The molecule has 1 saturated carbocycles. The Morgan fingerprint density at radius 3 is 2.76 bits per heavy atom. The van der Waals surface area contributed by atoms with Crippen molar-refractivity contribution in [2.45, 2.75) is 31.3 Å². The van der Waals surface area contributed by atoms with Crippen molar-refractivity contribution in [1.29, 1.82) is 0 Å². The summed E-state index contributed by atoms with van der Waals surface area (Å²) in [5, 5.41) is 3.14. The molecule has 2 saturated heterocycles.